The van der Waals surface area contributed by atoms with Crippen LogP contribution in [-0.4, -0.2) is 16.6 Å². The van der Waals surface area contributed by atoms with Gasteiger partial charge in [-0.25, -0.2) is 0 Å². The van der Waals surface area contributed by atoms with Crippen molar-refractivity contribution in [1.82, 2.24) is 0 Å². The van der Waals surface area contributed by atoms with Crippen molar-refractivity contribution in [2.75, 3.05) is 0 Å². The first-order valence-electron chi connectivity index (χ1n) is 4.18. The van der Waals surface area contributed by atoms with Crippen LogP contribution in [0.3, 0.4) is 0 Å². The molecule has 4 heteroatoms. The van der Waals surface area contributed by atoms with E-state index in [9.17, 15) is 4.79 Å². The van der Waals surface area contributed by atoms with Crippen LogP contribution in [0, 0.1) is 3.57 Å². The van der Waals surface area contributed by atoms with Crippen LogP contribution in [0.15, 0.2) is 24.3 Å². The molecule has 14 heavy (non-hydrogen) atoms. The molecule has 0 bridgehead atoms. The molecule has 0 fully saturated rings. The van der Waals surface area contributed by atoms with E-state index < -0.39 is 11.5 Å². The summed E-state index contributed by atoms with van der Waals surface area (Å²) < 4.78 is 1.13. The minimum atomic E-state index is -1.19. The Balaban J connectivity index is 2.79. The van der Waals surface area contributed by atoms with Crippen LogP contribution in [0.2, 0.25) is 0 Å². The van der Waals surface area contributed by atoms with Crippen molar-refractivity contribution in [2.45, 2.75) is 18.9 Å². The molecule has 0 amide bonds. The molecule has 0 saturated heterocycles. The Morgan fingerprint density at radius 3 is 2.43 bits per heavy atom. The van der Waals surface area contributed by atoms with E-state index in [0.29, 0.717) is 6.42 Å². The second-order valence-electron chi connectivity index (χ2n) is 3.53. The Morgan fingerprint density at radius 1 is 1.50 bits per heavy atom. The first-order valence-corrected chi connectivity index (χ1v) is 5.26. The molecule has 1 atom stereocenters. The summed E-state index contributed by atoms with van der Waals surface area (Å²) in [7, 11) is 0. The van der Waals surface area contributed by atoms with Gasteiger partial charge in [-0.1, -0.05) is 12.1 Å². The Labute approximate surface area is 96.4 Å². The third kappa shape index (κ3) is 2.95. The van der Waals surface area contributed by atoms with E-state index in [4.69, 9.17) is 10.8 Å². The highest BCUT2D eigenvalue weighted by Crippen LogP contribution is 2.13. The van der Waals surface area contributed by atoms with Crippen LogP contribution in [0.1, 0.15) is 12.5 Å². The predicted octanol–water partition coefficient (Wildman–Crippen LogP) is 1.64. The molecule has 0 spiro atoms. The molecule has 76 valence electrons. The van der Waals surface area contributed by atoms with Crippen molar-refractivity contribution in [3.63, 3.8) is 0 Å². The highest BCUT2D eigenvalue weighted by molar-refractivity contribution is 14.1. The summed E-state index contributed by atoms with van der Waals surface area (Å²) in [5, 5.41) is 8.83. The van der Waals surface area contributed by atoms with Gasteiger partial charge in [-0.3, -0.25) is 4.79 Å². The molecule has 0 aliphatic rings. The maximum atomic E-state index is 10.8. The molecule has 0 heterocycles. The smallest absolute Gasteiger partial charge is 0.323 e. The lowest BCUT2D eigenvalue weighted by atomic mass is 9.94. The van der Waals surface area contributed by atoms with Crippen LogP contribution >= 0.6 is 22.6 Å². The van der Waals surface area contributed by atoms with E-state index in [0.717, 1.165) is 9.13 Å². The number of carbonyl (C=O) groups is 1. The van der Waals surface area contributed by atoms with Gasteiger partial charge in [0.1, 0.15) is 5.54 Å². The van der Waals surface area contributed by atoms with Crippen LogP contribution in [0.5, 0.6) is 0 Å². The average Bonchev–Trinajstić information content (AvgIpc) is 2.08. The van der Waals surface area contributed by atoms with Crippen molar-refractivity contribution in [1.29, 1.82) is 0 Å². The van der Waals surface area contributed by atoms with Gasteiger partial charge in [0.25, 0.3) is 0 Å². The first-order chi connectivity index (χ1) is 6.42. The minimum Gasteiger partial charge on any atom is -0.480 e. The fourth-order valence-corrected chi connectivity index (χ4v) is 1.46. The van der Waals surface area contributed by atoms with Gasteiger partial charge in [-0.2, -0.15) is 0 Å². The lowest BCUT2D eigenvalue weighted by molar-refractivity contribution is -0.142. The van der Waals surface area contributed by atoms with Crippen LogP contribution in [-0.2, 0) is 11.2 Å². The molecule has 1 aromatic carbocycles. The fraction of sp³-hybridized carbons (Fsp3) is 0.300. The summed E-state index contributed by atoms with van der Waals surface area (Å²) in [6.45, 7) is 1.52. The number of hydrogen-bond acceptors (Lipinski definition) is 2. The molecule has 3 nitrogen and oxygen atoms in total. The summed E-state index contributed by atoms with van der Waals surface area (Å²) in [4.78, 5) is 10.8. The highest BCUT2D eigenvalue weighted by atomic mass is 127. The first kappa shape index (κ1) is 11.5. The zero-order valence-corrected chi connectivity index (χ0v) is 9.98. The average molecular weight is 305 g/mol. The number of benzene rings is 1. The zero-order valence-electron chi connectivity index (χ0n) is 7.83. The maximum absolute atomic E-state index is 10.8. The topological polar surface area (TPSA) is 63.3 Å². The van der Waals surface area contributed by atoms with Gasteiger partial charge < -0.3 is 10.8 Å². The minimum absolute atomic E-state index is 0.346. The predicted molar refractivity (Wildman–Crippen MR) is 63.1 cm³/mol. The number of hydrogen-bond donors (Lipinski definition) is 2. The quantitative estimate of drug-likeness (QED) is 0.835. The molecular formula is C10H12INO2. The molecule has 0 saturated carbocycles. The number of rotatable bonds is 3. The lowest BCUT2D eigenvalue weighted by Gasteiger charge is -2.18. The Bertz CT molecular complexity index is 332. The summed E-state index contributed by atoms with van der Waals surface area (Å²) in [6, 6.07) is 7.67. The summed E-state index contributed by atoms with van der Waals surface area (Å²) >= 11 is 2.20. The number of carboxylic acids is 1. The molecule has 0 aliphatic heterocycles. The maximum Gasteiger partial charge on any atom is 0.323 e. The normalized spacial score (nSPS) is 14.8. The third-order valence-corrected chi connectivity index (χ3v) is 2.69. The van der Waals surface area contributed by atoms with Gasteiger partial charge in [0.05, 0.1) is 0 Å². The standard InChI is InChI=1S/C10H12INO2/c1-10(12,9(13)14)6-7-2-4-8(11)5-3-7/h2-5H,6,12H2,1H3,(H,13,14). The van der Waals surface area contributed by atoms with Crippen molar-refractivity contribution in [3.8, 4) is 0 Å². The lowest BCUT2D eigenvalue weighted by Crippen LogP contribution is -2.46. The molecule has 0 aromatic heterocycles. The number of aliphatic carboxylic acids is 1. The van der Waals surface area contributed by atoms with Gasteiger partial charge in [0, 0.05) is 9.99 Å². The SMILES string of the molecule is CC(N)(Cc1ccc(I)cc1)C(=O)O. The molecule has 0 radical (unpaired) electrons. The van der Waals surface area contributed by atoms with Gasteiger partial charge in [-0.15, -0.1) is 0 Å². The van der Waals surface area contributed by atoms with E-state index in [1.165, 1.54) is 6.92 Å². The summed E-state index contributed by atoms with van der Waals surface area (Å²) in [6.07, 6.45) is 0.346. The Kier molecular flexibility index (Phi) is 3.49. The van der Waals surface area contributed by atoms with E-state index in [2.05, 4.69) is 22.6 Å². The van der Waals surface area contributed by atoms with Crippen molar-refractivity contribution in [2.24, 2.45) is 5.73 Å². The van der Waals surface area contributed by atoms with Gasteiger partial charge >= 0.3 is 5.97 Å². The van der Waals surface area contributed by atoms with E-state index in [1.807, 2.05) is 24.3 Å². The number of halogens is 1. The Hall–Kier alpha value is -0.620. The van der Waals surface area contributed by atoms with Gasteiger partial charge in [-0.05, 0) is 47.2 Å². The van der Waals surface area contributed by atoms with Crippen LogP contribution in [0.25, 0.3) is 0 Å². The van der Waals surface area contributed by atoms with E-state index >= 15 is 0 Å². The molecule has 0 aliphatic carbocycles. The van der Waals surface area contributed by atoms with Crippen molar-refractivity contribution in [3.05, 3.63) is 33.4 Å². The van der Waals surface area contributed by atoms with Crippen LogP contribution in [0.4, 0.5) is 0 Å². The van der Waals surface area contributed by atoms with E-state index in [-0.39, 0.29) is 0 Å². The Morgan fingerprint density at radius 2 is 2.00 bits per heavy atom. The second kappa shape index (κ2) is 4.27. The van der Waals surface area contributed by atoms with Gasteiger partial charge in [0.15, 0.2) is 0 Å². The van der Waals surface area contributed by atoms with E-state index in [1.54, 1.807) is 0 Å². The fourth-order valence-electron chi connectivity index (χ4n) is 1.10. The molecule has 1 rings (SSSR count). The zero-order chi connectivity index (χ0) is 10.8. The summed E-state index contributed by atoms with van der Waals surface area (Å²) in [5.74, 6) is -0.976. The number of carboxylic acid groups (broad SMARTS) is 1. The number of nitrogens with two attached hydrogens (primary N) is 1. The molecular weight excluding hydrogens is 293 g/mol. The second-order valence-corrected chi connectivity index (χ2v) is 4.77. The van der Waals surface area contributed by atoms with Crippen molar-refractivity contribution >= 4 is 28.6 Å². The third-order valence-electron chi connectivity index (χ3n) is 1.97. The monoisotopic (exact) mass is 305 g/mol. The molecule has 3 N–H and O–H groups in total. The van der Waals surface area contributed by atoms with Crippen molar-refractivity contribution < 1.29 is 9.90 Å². The van der Waals surface area contributed by atoms with Gasteiger partial charge in [0.2, 0.25) is 0 Å². The molecule has 1 unspecified atom stereocenters. The molecule has 1 aromatic rings. The van der Waals surface area contributed by atoms with Crippen LogP contribution < -0.4 is 5.73 Å². The largest absolute Gasteiger partial charge is 0.480 e. The highest BCUT2D eigenvalue weighted by Gasteiger charge is 2.27. The summed E-state index contributed by atoms with van der Waals surface area (Å²) in [5.41, 5.74) is 5.38.